The smallest absolute Gasteiger partial charge is 0.298 e. The molecule has 12 aromatic heterocycles. The predicted octanol–water partition coefficient (Wildman–Crippen LogP) is 6.98. The molecule has 3 amide bonds. The van der Waals surface area contributed by atoms with E-state index in [0.29, 0.717) is 119 Å². The Morgan fingerprint density at radius 2 is 0.855 bits per heavy atom. The molecular weight excluding hydrogens is 1390 g/mol. The molecule has 0 saturated carbocycles. The molecule has 4 saturated heterocycles. The number of hydrogen-bond donors (Lipinski definition) is 1. The van der Waals surface area contributed by atoms with Crippen molar-refractivity contribution in [2.24, 2.45) is 13.0 Å². The second kappa shape index (κ2) is 31.6. The number of pyridine rings is 6. The van der Waals surface area contributed by atoms with E-state index in [-0.39, 0.29) is 30.2 Å². The van der Waals surface area contributed by atoms with Gasteiger partial charge < -0.3 is 34.5 Å². The summed E-state index contributed by atoms with van der Waals surface area (Å²) >= 11 is 0. The van der Waals surface area contributed by atoms with Crippen LogP contribution in [0.5, 0.6) is 0 Å². The minimum absolute atomic E-state index is 0.0945. The summed E-state index contributed by atoms with van der Waals surface area (Å²) in [6, 6.07) is 25.7. The maximum atomic E-state index is 11.8. The number of fused-ring (bicyclic) bond motifs is 3. The molecule has 29 nitrogen and oxygen atoms in total. The van der Waals surface area contributed by atoms with Crippen LogP contribution in [-0.4, -0.2) is 220 Å². The van der Waals surface area contributed by atoms with Crippen molar-refractivity contribution >= 4 is 51.7 Å². The highest BCUT2D eigenvalue weighted by molar-refractivity contribution is 5.95. The van der Waals surface area contributed by atoms with Crippen LogP contribution >= 0.6 is 0 Å². The summed E-state index contributed by atoms with van der Waals surface area (Å²) in [6.45, 7) is 18.5. The second-order valence-corrected chi connectivity index (χ2v) is 27.7. The summed E-state index contributed by atoms with van der Waals surface area (Å²) in [5.74, 6) is 8.29. The van der Waals surface area contributed by atoms with Gasteiger partial charge in [-0.15, -0.1) is 19.3 Å². The van der Waals surface area contributed by atoms with Gasteiger partial charge in [0, 0.05) is 240 Å². The number of amides is 3. The first kappa shape index (κ1) is 73.0. The Hall–Kier alpha value is -14.0. The van der Waals surface area contributed by atoms with Gasteiger partial charge in [-0.05, 0) is 99.0 Å². The molecule has 0 bridgehead atoms. The van der Waals surface area contributed by atoms with E-state index in [4.69, 9.17) is 34.2 Å². The summed E-state index contributed by atoms with van der Waals surface area (Å²) in [5.41, 5.74) is 15.7. The minimum atomic E-state index is -0.283. The zero-order valence-corrected chi connectivity index (χ0v) is 61.4. The van der Waals surface area contributed by atoms with Crippen molar-refractivity contribution in [2.75, 3.05) is 113 Å². The fourth-order valence-corrected chi connectivity index (χ4v) is 14.2. The van der Waals surface area contributed by atoms with Crippen LogP contribution in [0.1, 0.15) is 49.2 Å². The zero-order valence-electron chi connectivity index (χ0n) is 61.4. The summed E-state index contributed by atoms with van der Waals surface area (Å²) in [7, 11) is 1.91. The van der Waals surface area contributed by atoms with Crippen molar-refractivity contribution in [2.45, 2.75) is 46.3 Å². The number of aliphatic hydroxyl groups excluding tert-OH is 1. The van der Waals surface area contributed by atoms with Crippen molar-refractivity contribution in [3.8, 4) is 122 Å². The second-order valence-electron chi connectivity index (χ2n) is 27.7. The van der Waals surface area contributed by atoms with Crippen molar-refractivity contribution < 1.29 is 19.5 Å². The molecule has 0 aliphatic carbocycles. The number of piperazine rings is 3. The topological polar surface area (TPSA) is 310 Å². The maximum absolute atomic E-state index is 11.8. The molecule has 0 aromatic carbocycles. The van der Waals surface area contributed by atoms with Gasteiger partial charge in [0.15, 0.2) is 0 Å². The number of anilines is 3. The van der Waals surface area contributed by atoms with Gasteiger partial charge in [-0.2, -0.15) is 46.4 Å². The van der Waals surface area contributed by atoms with Crippen LogP contribution in [0.15, 0.2) is 141 Å². The molecule has 110 heavy (non-hydrogen) atoms. The maximum Gasteiger partial charge on any atom is 0.298 e. The standard InChI is InChI=1S/C29H29N9O.C27H26N8O2.C25H22N8O/c1-4-28(39)35-9-7-34(8-10-35)27-6-5-21(13-31-27)26-11-22(16-38-29(26)23(12-30)14-33-38)24-15-32-37(17-24)25-18-36(19-25)20(2)3;1-3-26(37)33-8-6-32(7-9-33)25-5-4-20(12-29-25)24-10-21(17-35-27(24)22(11-28)13-31-35)23-14-30-34(16-23)15-19(2)18-36;1-4-24(34)32-9-7-31(8-10-32)23-6-5-18(13-27-23)21-11-19(22-15-28-30(3)17(22)2)16-33-25(21)20(12-26)14-29-33/h1,5-6,11,13-17,20,25H,7-10,18-19H2,2-3H3;1,4-5,10,12-14,16-17,19,36H,6-9,15,18H2,2H3;1,5-6,11,13-16H,7-10H2,2-3H3. The van der Waals surface area contributed by atoms with Crippen molar-refractivity contribution in [1.29, 1.82) is 15.8 Å². The van der Waals surface area contributed by atoms with E-state index in [2.05, 4.69) is 123 Å². The van der Waals surface area contributed by atoms with Gasteiger partial charge in [-0.1, -0.05) is 6.92 Å². The molecule has 4 fully saturated rings. The van der Waals surface area contributed by atoms with E-state index in [1.807, 2.05) is 122 Å². The summed E-state index contributed by atoms with van der Waals surface area (Å²) in [6.07, 6.45) is 41.2. The van der Waals surface area contributed by atoms with Gasteiger partial charge >= 0.3 is 0 Å². The Morgan fingerprint density at radius 3 is 1.21 bits per heavy atom. The largest absolute Gasteiger partial charge is 0.396 e. The SMILES string of the molecule is C#CC(=O)N1CCN(c2ccc(-c3cc(-c4cnn(C)c4C)cn4ncc(C#N)c34)cn2)CC1.C#CC(=O)N1CCN(c2ccc(-c3cc(-c4cnn(C5CN(C(C)C)C5)c4)cn4ncc(C#N)c34)cn2)CC1.C#CC(=O)N1CCN(c2ccc(-c3cc(-c4cnn(CC(C)CO)c4)cn4ncc(C#N)c34)cn2)CC1. The number of carbonyl (C=O) groups is 3. The van der Waals surface area contributed by atoms with Crippen LogP contribution in [0.4, 0.5) is 17.5 Å². The first-order chi connectivity index (χ1) is 53.4. The van der Waals surface area contributed by atoms with Crippen molar-refractivity contribution in [1.82, 2.24) is 92.7 Å². The Bertz CT molecular complexity index is 5710. The Balaban J connectivity index is 0.000000138. The Kier molecular flexibility index (Phi) is 21.0. The number of nitrogens with zero attached hydrogens (tertiary/aromatic N) is 25. The molecule has 1 atom stereocenters. The number of aliphatic hydroxyl groups is 1. The number of rotatable bonds is 14. The number of carbonyl (C=O) groups excluding carboxylic acids is 3. The fourth-order valence-electron chi connectivity index (χ4n) is 14.2. The number of aromatic nitrogens is 15. The van der Waals surface area contributed by atoms with Gasteiger partial charge in [-0.3, -0.25) is 33.3 Å². The minimum Gasteiger partial charge on any atom is -0.396 e. The molecule has 0 radical (unpaired) electrons. The van der Waals surface area contributed by atoms with E-state index in [1.54, 1.807) is 59.2 Å². The van der Waals surface area contributed by atoms with Crippen LogP contribution in [-0.2, 0) is 28.0 Å². The molecule has 16 rings (SSSR count). The summed E-state index contributed by atoms with van der Waals surface area (Å²) < 4.78 is 10.9. The van der Waals surface area contributed by atoms with Gasteiger partial charge in [0.2, 0.25) is 0 Å². The molecule has 1 unspecified atom stereocenters. The van der Waals surface area contributed by atoms with Crippen LogP contribution in [0.3, 0.4) is 0 Å². The molecule has 16 heterocycles. The average Bonchev–Trinajstić information content (AvgIpc) is 1.57. The lowest BCUT2D eigenvalue weighted by Crippen LogP contribution is -2.50. The molecule has 1 N–H and O–H groups in total. The highest BCUT2D eigenvalue weighted by Gasteiger charge is 2.31. The van der Waals surface area contributed by atoms with E-state index in [0.717, 1.165) is 114 Å². The number of hydrogen-bond acceptors (Lipinski definition) is 20. The van der Waals surface area contributed by atoms with Crippen LogP contribution < -0.4 is 14.7 Å². The zero-order chi connectivity index (χ0) is 76.9. The molecule has 4 aliphatic heterocycles. The Morgan fingerprint density at radius 1 is 0.464 bits per heavy atom. The lowest BCUT2D eigenvalue weighted by Gasteiger charge is -2.41. The van der Waals surface area contributed by atoms with Crippen LogP contribution in [0, 0.1) is 83.9 Å². The monoisotopic (exact) mass is 1460 g/mol. The molecule has 29 heteroatoms. The molecule has 4 aliphatic rings. The predicted molar refractivity (Wildman–Crippen MR) is 414 cm³/mol. The lowest BCUT2D eigenvalue weighted by molar-refractivity contribution is -0.126. The fraction of sp³-hybridized carbons (Fsp3) is 0.296. The number of terminal acetylenes is 3. The lowest BCUT2D eigenvalue weighted by atomic mass is 10.0. The number of aryl methyl sites for hydroxylation is 1. The molecular formula is C81H77N25O4. The van der Waals surface area contributed by atoms with Gasteiger partial charge in [-0.25, -0.2) is 28.5 Å². The van der Waals surface area contributed by atoms with Gasteiger partial charge in [0.05, 0.1) is 76.5 Å². The van der Waals surface area contributed by atoms with Crippen molar-refractivity contribution in [3.05, 3.63) is 164 Å². The third-order valence-electron chi connectivity index (χ3n) is 20.7. The molecule has 550 valence electrons. The van der Waals surface area contributed by atoms with E-state index in [1.165, 1.54) is 0 Å². The first-order valence-electron chi connectivity index (χ1n) is 36.0. The van der Waals surface area contributed by atoms with E-state index in [9.17, 15) is 35.3 Å². The summed E-state index contributed by atoms with van der Waals surface area (Å²) in [5, 5.41) is 65.2. The number of likely N-dealkylation sites (tertiary alicyclic amines) is 1. The third-order valence-corrected chi connectivity index (χ3v) is 20.7. The van der Waals surface area contributed by atoms with Crippen LogP contribution in [0.25, 0.3) is 83.3 Å². The highest BCUT2D eigenvalue weighted by Crippen LogP contribution is 2.38. The van der Waals surface area contributed by atoms with Gasteiger partial charge in [0.1, 0.15) is 35.7 Å². The van der Waals surface area contributed by atoms with Crippen LogP contribution in [0.2, 0.25) is 0 Å². The van der Waals surface area contributed by atoms with E-state index >= 15 is 0 Å². The summed E-state index contributed by atoms with van der Waals surface area (Å²) in [4.78, 5) is 63.2. The molecule has 0 spiro atoms. The third kappa shape index (κ3) is 14.9. The van der Waals surface area contributed by atoms with Crippen molar-refractivity contribution in [3.63, 3.8) is 0 Å². The Labute approximate surface area is 634 Å². The number of nitriles is 3. The molecule has 12 aromatic rings. The first-order valence-corrected chi connectivity index (χ1v) is 36.0. The quantitative estimate of drug-likeness (QED) is 0.107. The van der Waals surface area contributed by atoms with Gasteiger partial charge in [0.25, 0.3) is 17.7 Å². The highest BCUT2D eigenvalue weighted by atomic mass is 16.3. The average molecular weight is 1460 g/mol. The normalized spacial score (nSPS) is 14.8. The van der Waals surface area contributed by atoms with E-state index < -0.39 is 0 Å².